The lowest BCUT2D eigenvalue weighted by atomic mass is 10.2. The van der Waals surface area contributed by atoms with E-state index in [0.717, 1.165) is 12.1 Å². The van der Waals surface area contributed by atoms with E-state index in [0.29, 0.717) is 23.0 Å². The number of hydrogen-bond donors (Lipinski definition) is 1. The van der Waals surface area contributed by atoms with Crippen LogP contribution in [0.15, 0.2) is 18.2 Å². The Balaban J connectivity index is 2.58. The molecule has 0 bridgehead atoms. The van der Waals surface area contributed by atoms with Gasteiger partial charge in [-0.1, -0.05) is 36.2 Å². The van der Waals surface area contributed by atoms with Crippen molar-refractivity contribution in [3.05, 3.63) is 33.8 Å². The second-order valence-corrected chi connectivity index (χ2v) is 5.49. The Hall–Kier alpha value is -0.770. The molecule has 0 aliphatic rings. The van der Waals surface area contributed by atoms with Crippen molar-refractivity contribution in [1.29, 1.82) is 0 Å². The topological polar surface area (TPSA) is 32.3 Å². The van der Waals surface area contributed by atoms with Gasteiger partial charge in [0, 0.05) is 36.1 Å². The van der Waals surface area contributed by atoms with Gasteiger partial charge in [-0.05, 0) is 31.2 Å². The van der Waals surface area contributed by atoms with E-state index in [1.165, 1.54) is 0 Å². The third kappa shape index (κ3) is 5.39. The Morgan fingerprint density at radius 2 is 2.11 bits per heavy atom. The number of carbonyl (C=O) groups excluding carboxylic acids is 1. The largest absolute Gasteiger partial charge is 0.341 e. The van der Waals surface area contributed by atoms with Crippen LogP contribution in [0.4, 0.5) is 0 Å². The van der Waals surface area contributed by atoms with Crippen molar-refractivity contribution < 1.29 is 4.79 Å². The molecule has 0 aliphatic heterocycles. The van der Waals surface area contributed by atoms with Gasteiger partial charge in [0.2, 0.25) is 5.91 Å². The van der Waals surface area contributed by atoms with Crippen LogP contribution in [-0.2, 0) is 11.3 Å². The third-order valence-corrected chi connectivity index (χ3v) is 3.47. The molecular weight excluding hydrogens is 283 g/mol. The summed E-state index contributed by atoms with van der Waals surface area (Å²) in [7, 11) is 1.78. The van der Waals surface area contributed by atoms with Gasteiger partial charge < -0.3 is 10.2 Å². The molecule has 0 saturated heterocycles. The smallest absolute Gasteiger partial charge is 0.224 e. The third-order valence-electron chi connectivity index (χ3n) is 2.88. The fraction of sp³-hybridized carbons (Fsp3) is 0.500. The maximum absolute atomic E-state index is 12.0. The number of amides is 1. The Bertz CT molecular complexity index is 437. The molecule has 1 aromatic rings. The maximum Gasteiger partial charge on any atom is 0.224 e. The monoisotopic (exact) mass is 302 g/mol. The number of halogens is 2. The fourth-order valence-corrected chi connectivity index (χ4v) is 2.30. The maximum atomic E-state index is 12.0. The van der Waals surface area contributed by atoms with E-state index in [1.54, 1.807) is 24.1 Å². The quantitative estimate of drug-likeness (QED) is 0.874. The van der Waals surface area contributed by atoms with Gasteiger partial charge in [-0.3, -0.25) is 4.79 Å². The van der Waals surface area contributed by atoms with Crippen molar-refractivity contribution >= 4 is 29.1 Å². The minimum Gasteiger partial charge on any atom is -0.341 e. The second kappa shape index (κ2) is 7.73. The van der Waals surface area contributed by atoms with Crippen molar-refractivity contribution in [2.24, 2.45) is 0 Å². The summed E-state index contributed by atoms with van der Waals surface area (Å²) in [6, 6.07) is 5.50. The molecule has 0 spiro atoms. The predicted molar refractivity (Wildman–Crippen MR) is 80.7 cm³/mol. The average Bonchev–Trinajstić information content (AvgIpc) is 2.32. The summed E-state index contributed by atoms with van der Waals surface area (Å²) >= 11 is 11.9. The molecule has 1 N–H and O–H groups in total. The standard InChI is InChI=1S/C14H20Cl2N2O/c1-4-17-10(2)7-14(19)18(3)9-11-5-6-12(15)8-13(11)16/h5-6,8,10,17H,4,7,9H2,1-3H3. The molecule has 0 aromatic heterocycles. The molecule has 106 valence electrons. The summed E-state index contributed by atoms with van der Waals surface area (Å²) in [5, 5.41) is 4.41. The summed E-state index contributed by atoms with van der Waals surface area (Å²) in [6.45, 7) is 5.39. The number of carbonyl (C=O) groups is 1. The number of rotatable bonds is 6. The van der Waals surface area contributed by atoms with E-state index < -0.39 is 0 Å². The van der Waals surface area contributed by atoms with Crippen LogP contribution in [0.3, 0.4) is 0 Å². The first kappa shape index (κ1) is 16.3. The van der Waals surface area contributed by atoms with Gasteiger partial charge in [0.05, 0.1) is 0 Å². The van der Waals surface area contributed by atoms with E-state index in [9.17, 15) is 4.79 Å². The molecule has 1 amide bonds. The van der Waals surface area contributed by atoms with Crippen LogP contribution in [0.1, 0.15) is 25.8 Å². The van der Waals surface area contributed by atoms with Gasteiger partial charge in [-0.25, -0.2) is 0 Å². The van der Waals surface area contributed by atoms with Crippen LogP contribution in [0.2, 0.25) is 10.0 Å². The first-order valence-electron chi connectivity index (χ1n) is 6.35. The molecule has 0 heterocycles. The summed E-state index contributed by atoms with van der Waals surface area (Å²) in [6.07, 6.45) is 0.482. The van der Waals surface area contributed by atoms with E-state index in [2.05, 4.69) is 5.32 Å². The van der Waals surface area contributed by atoms with Gasteiger partial charge in [-0.15, -0.1) is 0 Å². The zero-order chi connectivity index (χ0) is 14.4. The van der Waals surface area contributed by atoms with Crippen LogP contribution < -0.4 is 5.32 Å². The first-order valence-corrected chi connectivity index (χ1v) is 7.11. The lowest BCUT2D eigenvalue weighted by Crippen LogP contribution is -2.34. The molecule has 0 saturated carbocycles. The molecule has 19 heavy (non-hydrogen) atoms. The van der Waals surface area contributed by atoms with E-state index in [4.69, 9.17) is 23.2 Å². The van der Waals surface area contributed by atoms with Crippen molar-refractivity contribution in [3.8, 4) is 0 Å². The van der Waals surface area contributed by atoms with Crippen LogP contribution in [0.5, 0.6) is 0 Å². The molecule has 1 atom stereocenters. The molecule has 1 unspecified atom stereocenters. The van der Waals surface area contributed by atoms with Gasteiger partial charge in [-0.2, -0.15) is 0 Å². The highest BCUT2D eigenvalue weighted by atomic mass is 35.5. The molecule has 0 radical (unpaired) electrons. The predicted octanol–water partition coefficient (Wildman–Crippen LogP) is 3.34. The van der Waals surface area contributed by atoms with Gasteiger partial charge in [0.25, 0.3) is 0 Å². The highest BCUT2D eigenvalue weighted by Crippen LogP contribution is 2.22. The Morgan fingerprint density at radius 3 is 2.68 bits per heavy atom. The normalized spacial score (nSPS) is 12.3. The minimum atomic E-state index is 0.0967. The van der Waals surface area contributed by atoms with Crippen molar-refractivity contribution in [2.45, 2.75) is 32.9 Å². The number of hydrogen-bond acceptors (Lipinski definition) is 2. The van der Waals surface area contributed by atoms with Crippen molar-refractivity contribution in [3.63, 3.8) is 0 Å². The van der Waals surface area contributed by atoms with Crippen LogP contribution in [0, 0.1) is 0 Å². The van der Waals surface area contributed by atoms with Gasteiger partial charge >= 0.3 is 0 Å². The summed E-state index contributed by atoms with van der Waals surface area (Å²) < 4.78 is 0. The zero-order valence-electron chi connectivity index (χ0n) is 11.5. The molecule has 5 heteroatoms. The zero-order valence-corrected chi connectivity index (χ0v) is 13.1. The molecule has 0 aliphatic carbocycles. The number of nitrogens with one attached hydrogen (secondary N) is 1. The fourth-order valence-electron chi connectivity index (χ4n) is 1.83. The van der Waals surface area contributed by atoms with Crippen LogP contribution in [-0.4, -0.2) is 30.4 Å². The summed E-state index contributed by atoms with van der Waals surface area (Å²) in [4.78, 5) is 13.7. The molecule has 1 aromatic carbocycles. The minimum absolute atomic E-state index is 0.0967. The molecule has 1 rings (SSSR count). The van der Waals surface area contributed by atoms with Gasteiger partial charge in [0.1, 0.15) is 0 Å². The second-order valence-electron chi connectivity index (χ2n) is 4.65. The van der Waals surface area contributed by atoms with Crippen molar-refractivity contribution in [2.75, 3.05) is 13.6 Å². The Morgan fingerprint density at radius 1 is 1.42 bits per heavy atom. The lowest BCUT2D eigenvalue weighted by Gasteiger charge is -2.20. The van der Waals surface area contributed by atoms with Gasteiger partial charge in [0.15, 0.2) is 0 Å². The van der Waals surface area contributed by atoms with E-state index in [1.807, 2.05) is 19.9 Å². The molecular formula is C14H20Cl2N2O. The SMILES string of the molecule is CCNC(C)CC(=O)N(C)Cc1ccc(Cl)cc1Cl. The van der Waals surface area contributed by atoms with Crippen LogP contribution in [0.25, 0.3) is 0 Å². The first-order chi connectivity index (χ1) is 8.93. The Kier molecular flexibility index (Phi) is 6.63. The number of benzene rings is 1. The highest BCUT2D eigenvalue weighted by molar-refractivity contribution is 6.35. The lowest BCUT2D eigenvalue weighted by molar-refractivity contribution is -0.130. The number of nitrogens with zero attached hydrogens (tertiary/aromatic N) is 1. The average molecular weight is 303 g/mol. The van der Waals surface area contributed by atoms with E-state index in [-0.39, 0.29) is 11.9 Å². The highest BCUT2D eigenvalue weighted by Gasteiger charge is 2.14. The molecule has 0 fully saturated rings. The van der Waals surface area contributed by atoms with Crippen molar-refractivity contribution in [1.82, 2.24) is 10.2 Å². The molecule has 3 nitrogen and oxygen atoms in total. The summed E-state index contributed by atoms with van der Waals surface area (Å²) in [5.74, 6) is 0.0967. The summed E-state index contributed by atoms with van der Waals surface area (Å²) in [5.41, 5.74) is 0.901. The van der Waals surface area contributed by atoms with Crippen LogP contribution >= 0.6 is 23.2 Å². The van der Waals surface area contributed by atoms with E-state index >= 15 is 0 Å². The Labute approximate surface area is 124 Å².